The molecular weight excluding hydrogens is 215 g/mol. The van der Waals surface area contributed by atoms with Gasteiger partial charge in [0.25, 0.3) is 0 Å². The van der Waals surface area contributed by atoms with Crippen LogP contribution in [0.4, 0.5) is 4.39 Å². The molecular formula is C14H19FN2. The van der Waals surface area contributed by atoms with E-state index in [0.717, 1.165) is 19.6 Å². The Morgan fingerprint density at radius 3 is 2.41 bits per heavy atom. The molecule has 2 aliphatic rings. The van der Waals surface area contributed by atoms with Gasteiger partial charge in [0.1, 0.15) is 5.82 Å². The van der Waals surface area contributed by atoms with Crippen LogP contribution < -0.4 is 5.32 Å². The number of nitrogens with zero attached hydrogens (tertiary/aromatic N) is 1. The quantitative estimate of drug-likeness (QED) is 0.854. The van der Waals surface area contributed by atoms with Crippen molar-refractivity contribution >= 4 is 0 Å². The molecule has 1 saturated carbocycles. The number of hydrogen-bond acceptors (Lipinski definition) is 2. The van der Waals surface area contributed by atoms with E-state index >= 15 is 0 Å². The van der Waals surface area contributed by atoms with Crippen LogP contribution in [0.2, 0.25) is 0 Å². The lowest BCUT2D eigenvalue weighted by atomic mass is 9.94. The van der Waals surface area contributed by atoms with Gasteiger partial charge in [-0.2, -0.15) is 0 Å². The van der Waals surface area contributed by atoms with Crippen LogP contribution in [0.5, 0.6) is 0 Å². The molecule has 1 aliphatic carbocycles. The molecule has 3 rings (SSSR count). The van der Waals surface area contributed by atoms with Crippen molar-refractivity contribution in [2.24, 2.45) is 0 Å². The van der Waals surface area contributed by atoms with E-state index in [9.17, 15) is 4.39 Å². The van der Waals surface area contributed by atoms with Crippen molar-refractivity contribution in [1.29, 1.82) is 0 Å². The van der Waals surface area contributed by atoms with Crippen LogP contribution >= 0.6 is 0 Å². The monoisotopic (exact) mass is 234 g/mol. The van der Waals surface area contributed by atoms with Crippen molar-refractivity contribution in [3.05, 3.63) is 35.6 Å². The van der Waals surface area contributed by atoms with Gasteiger partial charge in [0.05, 0.1) is 0 Å². The molecule has 2 nitrogen and oxygen atoms in total. The SMILES string of the molecule is CN(CC1(c2ccc(F)cc2)CC1)C1CNC1. The summed E-state index contributed by atoms with van der Waals surface area (Å²) in [6.45, 7) is 3.32. The summed E-state index contributed by atoms with van der Waals surface area (Å²) in [7, 11) is 2.20. The van der Waals surface area contributed by atoms with E-state index in [0.29, 0.717) is 11.5 Å². The Labute approximate surface area is 102 Å². The maximum atomic E-state index is 12.9. The highest BCUT2D eigenvalue weighted by molar-refractivity contribution is 5.32. The maximum absolute atomic E-state index is 12.9. The van der Waals surface area contributed by atoms with Crippen LogP contribution in [0.15, 0.2) is 24.3 Å². The smallest absolute Gasteiger partial charge is 0.123 e. The molecule has 1 N–H and O–H groups in total. The van der Waals surface area contributed by atoms with Crippen LogP contribution in [0.25, 0.3) is 0 Å². The van der Waals surface area contributed by atoms with Gasteiger partial charge in [-0.05, 0) is 37.6 Å². The van der Waals surface area contributed by atoms with Gasteiger partial charge in [-0.3, -0.25) is 4.90 Å². The summed E-state index contributed by atoms with van der Waals surface area (Å²) in [5, 5.41) is 3.30. The largest absolute Gasteiger partial charge is 0.314 e. The summed E-state index contributed by atoms with van der Waals surface area (Å²) in [4.78, 5) is 2.45. The van der Waals surface area contributed by atoms with E-state index < -0.39 is 0 Å². The molecule has 0 atom stereocenters. The highest BCUT2D eigenvalue weighted by Gasteiger charge is 2.45. The van der Waals surface area contributed by atoms with Gasteiger partial charge in [-0.25, -0.2) is 4.39 Å². The zero-order valence-electron chi connectivity index (χ0n) is 10.2. The van der Waals surface area contributed by atoms with Crippen molar-refractivity contribution in [2.45, 2.75) is 24.3 Å². The van der Waals surface area contributed by atoms with Crippen molar-refractivity contribution in [3.8, 4) is 0 Å². The standard InChI is InChI=1S/C14H19FN2/c1-17(13-8-16-9-13)10-14(6-7-14)11-2-4-12(15)5-3-11/h2-5,13,16H,6-10H2,1H3. The van der Waals surface area contributed by atoms with Crippen LogP contribution in [-0.2, 0) is 5.41 Å². The van der Waals surface area contributed by atoms with Gasteiger partial charge in [0.15, 0.2) is 0 Å². The molecule has 0 spiro atoms. The lowest BCUT2D eigenvalue weighted by molar-refractivity contribution is 0.166. The molecule has 0 unspecified atom stereocenters. The third-order valence-electron chi connectivity index (χ3n) is 4.25. The van der Waals surface area contributed by atoms with E-state index in [1.54, 1.807) is 12.1 Å². The summed E-state index contributed by atoms with van der Waals surface area (Å²) in [6.07, 6.45) is 2.48. The molecule has 3 heteroatoms. The van der Waals surface area contributed by atoms with Crippen LogP contribution in [0.3, 0.4) is 0 Å². The van der Waals surface area contributed by atoms with Gasteiger partial charge in [-0.15, -0.1) is 0 Å². The second kappa shape index (κ2) is 4.07. The molecule has 0 radical (unpaired) electrons. The fourth-order valence-electron chi connectivity index (χ4n) is 2.68. The van der Waals surface area contributed by atoms with Gasteiger partial charge in [0.2, 0.25) is 0 Å². The third kappa shape index (κ3) is 2.09. The summed E-state index contributed by atoms with van der Waals surface area (Å²) in [6, 6.07) is 7.76. The van der Waals surface area contributed by atoms with E-state index in [4.69, 9.17) is 0 Å². The minimum Gasteiger partial charge on any atom is -0.314 e. The first-order chi connectivity index (χ1) is 8.20. The first-order valence-corrected chi connectivity index (χ1v) is 6.37. The third-order valence-corrected chi connectivity index (χ3v) is 4.25. The Hall–Kier alpha value is -0.930. The Balaban J connectivity index is 1.70. The lowest BCUT2D eigenvalue weighted by Gasteiger charge is -2.37. The van der Waals surface area contributed by atoms with E-state index in [-0.39, 0.29) is 5.82 Å². The highest BCUT2D eigenvalue weighted by Crippen LogP contribution is 2.48. The van der Waals surface area contributed by atoms with Crippen molar-refractivity contribution in [2.75, 3.05) is 26.7 Å². The van der Waals surface area contributed by atoms with Crippen LogP contribution in [0.1, 0.15) is 18.4 Å². The molecule has 1 saturated heterocycles. The predicted octanol–water partition coefficient (Wildman–Crippen LogP) is 1.76. The van der Waals surface area contributed by atoms with Gasteiger partial charge < -0.3 is 5.32 Å². The second-order valence-corrected chi connectivity index (χ2v) is 5.51. The van der Waals surface area contributed by atoms with Gasteiger partial charge in [0, 0.05) is 31.1 Å². The fourth-order valence-corrected chi connectivity index (χ4v) is 2.68. The minimum absolute atomic E-state index is 0.138. The van der Waals surface area contributed by atoms with Gasteiger partial charge in [-0.1, -0.05) is 12.1 Å². The molecule has 0 bridgehead atoms. The average molecular weight is 234 g/mol. The molecule has 0 aromatic heterocycles. The molecule has 2 fully saturated rings. The molecule has 0 amide bonds. The molecule has 92 valence electrons. The van der Waals surface area contributed by atoms with E-state index in [1.165, 1.54) is 18.4 Å². The summed E-state index contributed by atoms with van der Waals surface area (Å²) in [5.41, 5.74) is 1.61. The Morgan fingerprint density at radius 1 is 1.29 bits per heavy atom. The summed E-state index contributed by atoms with van der Waals surface area (Å²) >= 11 is 0. The molecule has 1 aliphatic heterocycles. The fraction of sp³-hybridized carbons (Fsp3) is 0.571. The Bertz CT molecular complexity index is 393. The van der Waals surface area contributed by atoms with Crippen molar-refractivity contribution in [1.82, 2.24) is 10.2 Å². The lowest BCUT2D eigenvalue weighted by Crippen LogP contribution is -2.57. The predicted molar refractivity (Wildman–Crippen MR) is 66.6 cm³/mol. The second-order valence-electron chi connectivity index (χ2n) is 5.51. The Morgan fingerprint density at radius 2 is 1.94 bits per heavy atom. The summed E-state index contributed by atoms with van der Waals surface area (Å²) in [5.74, 6) is -0.138. The van der Waals surface area contributed by atoms with Crippen molar-refractivity contribution in [3.63, 3.8) is 0 Å². The molecule has 1 heterocycles. The molecule has 1 aromatic rings. The van der Waals surface area contributed by atoms with Crippen molar-refractivity contribution < 1.29 is 4.39 Å². The van der Waals surface area contributed by atoms with E-state index in [1.807, 2.05) is 12.1 Å². The minimum atomic E-state index is -0.138. The maximum Gasteiger partial charge on any atom is 0.123 e. The Kier molecular flexibility index (Phi) is 2.68. The van der Waals surface area contributed by atoms with Crippen LogP contribution in [0, 0.1) is 5.82 Å². The highest BCUT2D eigenvalue weighted by atomic mass is 19.1. The zero-order chi connectivity index (χ0) is 11.9. The normalized spacial score (nSPS) is 22.5. The first-order valence-electron chi connectivity index (χ1n) is 6.37. The van der Waals surface area contributed by atoms with Gasteiger partial charge >= 0.3 is 0 Å². The molecule has 1 aromatic carbocycles. The number of benzene rings is 1. The molecule has 17 heavy (non-hydrogen) atoms. The number of halogens is 1. The van der Waals surface area contributed by atoms with E-state index in [2.05, 4.69) is 17.3 Å². The topological polar surface area (TPSA) is 15.3 Å². The summed E-state index contributed by atoms with van der Waals surface area (Å²) < 4.78 is 12.9. The number of nitrogens with one attached hydrogen (secondary N) is 1. The number of hydrogen-bond donors (Lipinski definition) is 1. The number of rotatable bonds is 4. The average Bonchev–Trinajstić information content (AvgIpc) is 2.97. The van der Waals surface area contributed by atoms with Crippen LogP contribution in [-0.4, -0.2) is 37.6 Å². The first kappa shape index (κ1) is 11.2. The number of likely N-dealkylation sites (N-methyl/N-ethyl adjacent to an activating group) is 1. The zero-order valence-corrected chi connectivity index (χ0v) is 10.2.